The molecule has 0 bridgehead atoms. The van der Waals surface area contributed by atoms with Crippen molar-refractivity contribution in [2.45, 2.75) is 30.7 Å². The number of aryl methyl sites for hydroxylation is 1. The Bertz CT molecular complexity index is 658. The topological polar surface area (TPSA) is 45.8 Å². The summed E-state index contributed by atoms with van der Waals surface area (Å²) in [5.41, 5.74) is 1.67. The van der Waals surface area contributed by atoms with Gasteiger partial charge in [0.15, 0.2) is 5.16 Å². The van der Waals surface area contributed by atoms with E-state index in [1.807, 2.05) is 6.07 Å². The van der Waals surface area contributed by atoms with E-state index in [0.717, 1.165) is 24.1 Å². The normalized spacial score (nSPS) is 10.8. The SMILES string of the molecule is CCCc1cc(=O)[nH]c(SCc2ccc(Cl)cc2Cl)n1. The maximum absolute atomic E-state index is 11.6. The fourth-order valence-corrected chi connectivity index (χ4v) is 3.17. The Hall–Kier alpha value is -0.970. The maximum atomic E-state index is 11.6. The average Bonchev–Trinajstić information content (AvgIpc) is 2.37. The van der Waals surface area contributed by atoms with E-state index in [1.54, 1.807) is 18.2 Å². The smallest absolute Gasteiger partial charge is 0.251 e. The molecular weight excluding hydrogens is 315 g/mol. The monoisotopic (exact) mass is 328 g/mol. The third kappa shape index (κ3) is 4.27. The van der Waals surface area contributed by atoms with E-state index in [0.29, 0.717) is 21.0 Å². The summed E-state index contributed by atoms with van der Waals surface area (Å²) >= 11 is 13.4. The molecule has 0 spiro atoms. The van der Waals surface area contributed by atoms with Crippen molar-refractivity contribution >= 4 is 35.0 Å². The van der Waals surface area contributed by atoms with Gasteiger partial charge in [0.25, 0.3) is 5.56 Å². The highest BCUT2D eigenvalue weighted by Gasteiger charge is 2.05. The number of aromatic amines is 1. The molecule has 2 rings (SSSR count). The van der Waals surface area contributed by atoms with Crippen molar-refractivity contribution in [3.05, 3.63) is 55.9 Å². The Morgan fingerprint density at radius 3 is 2.80 bits per heavy atom. The largest absolute Gasteiger partial charge is 0.301 e. The maximum Gasteiger partial charge on any atom is 0.251 e. The number of rotatable bonds is 5. The molecule has 1 aromatic carbocycles. The Morgan fingerprint density at radius 1 is 1.30 bits per heavy atom. The lowest BCUT2D eigenvalue weighted by Gasteiger charge is -2.05. The minimum absolute atomic E-state index is 0.117. The molecule has 0 fully saturated rings. The van der Waals surface area contributed by atoms with Gasteiger partial charge in [0.1, 0.15) is 0 Å². The van der Waals surface area contributed by atoms with Gasteiger partial charge < -0.3 is 4.98 Å². The number of nitrogens with zero attached hydrogens (tertiary/aromatic N) is 1. The van der Waals surface area contributed by atoms with E-state index >= 15 is 0 Å². The van der Waals surface area contributed by atoms with Gasteiger partial charge in [-0.3, -0.25) is 4.79 Å². The van der Waals surface area contributed by atoms with Crippen LogP contribution in [0.15, 0.2) is 34.2 Å². The van der Waals surface area contributed by atoms with E-state index in [9.17, 15) is 4.79 Å². The Morgan fingerprint density at radius 2 is 2.10 bits per heavy atom. The first-order valence-electron chi connectivity index (χ1n) is 6.25. The predicted octanol–water partition coefficient (Wildman–Crippen LogP) is 4.32. The molecule has 0 aliphatic carbocycles. The van der Waals surface area contributed by atoms with Crippen molar-refractivity contribution in [2.24, 2.45) is 0 Å². The summed E-state index contributed by atoms with van der Waals surface area (Å²) in [5, 5.41) is 1.85. The first kappa shape index (κ1) is 15.4. The number of benzene rings is 1. The first-order valence-corrected chi connectivity index (χ1v) is 7.99. The molecule has 3 nitrogen and oxygen atoms in total. The van der Waals surface area contributed by atoms with Crippen molar-refractivity contribution < 1.29 is 0 Å². The van der Waals surface area contributed by atoms with Crippen LogP contribution in [0.3, 0.4) is 0 Å². The summed E-state index contributed by atoms with van der Waals surface area (Å²) in [6.07, 6.45) is 1.77. The van der Waals surface area contributed by atoms with Gasteiger partial charge in [-0.05, 0) is 24.1 Å². The molecule has 1 aromatic heterocycles. The third-order valence-corrected chi connectivity index (χ3v) is 4.17. The highest BCUT2D eigenvalue weighted by molar-refractivity contribution is 7.98. The highest BCUT2D eigenvalue weighted by Crippen LogP contribution is 2.26. The van der Waals surface area contributed by atoms with Crippen molar-refractivity contribution in [2.75, 3.05) is 0 Å². The van der Waals surface area contributed by atoms with E-state index in [1.165, 1.54) is 11.8 Å². The Kier molecular flexibility index (Phi) is 5.52. The molecule has 1 heterocycles. The summed E-state index contributed by atoms with van der Waals surface area (Å²) in [6.45, 7) is 2.06. The molecule has 2 aromatic rings. The molecule has 0 aliphatic heterocycles. The van der Waals surface area contributed by atoms with Gasteiger partial charge in [0, 0.05) is 27.6 Å². The lowest BCUT2D eigenvalue weighted by atomic mass is 10.2. The van der Waals surface area contributed by atoms with Crippen LogP contribution in [0.5, 0.6) is 0 Å². The molecule has 1 N–H and O–H groups in total. The zero-order valence-corrected chi connectivity index (χ0v) is 13.3. The molecule has 0 saturated heterocycles. The van der Waals surface area contributed by atoms with Gasteiger partial charge in [-0.2, -0.15) is 0 Å². The number of H-pyrrole nitrogens is 1. The van der Waals surface area contributed by atoms with Gasteiger partial charge in [-0.1, -0.05) is 54.4 Å². The van der Waals surface area contributed by atoms with Crippen LogP contribution in [0, 0.1) is 0 Å². The fourth-order valence-electron chi connectivity index (χ4n) is 1.72. The Labute approximate surface area is 131 Å². The number of aromatic nitrogens is 2. The van der Waals surface area contributed by atoms with E-state index in [-0.39, 0.29) is 5.56 Å². The van der Waals surface area contributed by atoms with Crippen LogP contribution in [0.2, 0.25) is 10.0 Å². The van der Waals surface area contributed by atoms with Gasteiger partial charge in [0.2, 0.25) is 0 Å². The summed E-state index contributed by atoms with van der Waals surface area (Å²) < 4.78 is 0. The molecule has 106 valence electrons. The number of hydrogen-bond acceptors (Lipinski definition) is 3. The first-order chi connectivity index (χ1) is 9.58. The van der Waals surface area contributed by atoms with E-state index in [4.69, 9.17) is 23.2 Å². The molecule has 0 saturated carbocycles. The summed E-state index contributed by atoms with van der Waals surface area (Å²) in [5.74, 6) is 0.633. The highest BCUT2D eigenvalue weighted by atomic mass is 35.5. The lowest BCUT2D eigenvalue weighted by molar-refractivity contribution is 0.816. The minimum Gasteiger partial charge on any atom is -0.301 e. The molecule has 0 amide bonds. The predicted molar refractivity (Wildman–Crippen MR) is 84.9 cm³/mol. The summed E-state index contributed by atoms with van der Waals surface area (Å²) in [6, 6.07) is 6.93. The second-order valence-corrected chi connectivity index (χ2v) is 6.12. The quantitative estimate of drug-likeness (QED) is 0.656. The minimum atomic E-state index is -0.117. The van der Waals surface area contributed by atoms with Crippen LogP contribution in [0.25, 0.3) is 0 Å². The standard InChI is InChI=1S/C14H14Cl2N2OS/c1-2-3-11-7-13(19)18-14(17-11)20-8-9-4-5-10(15)6-12(9)16/h4-7H,2-3,8H2,1H3,(H,17,18,19). The molecular formula is C14H14Cl2N2OS. The van der Waals surface area contributed by atoms with Crippen LogP contribution >= 0.6 is 35.0 Å². The lowest BCUT2D eigenvalue weighted by Crippen LogP contribution is -2.09. The van der Waals surface area contributed by atoms with Crippen LogP contribution < -0.4 is 5.56 Å². The molecule has 6 heteroatoms. The van der Waals surface area contributed by atoms with Crippen molar-refractivity contribution in [1.29, 1.82) is 0 Å². The van der Waals surface area contributed by atoms with Gasteiger partial charge in [0.05, 0.1) is 0 Å². The molecule has 0 atom stereocenters. The number of hydrogen-bond donors (Lipinski definition) is 1. The second kappa shape index (κ2) is 7.16. The van der Waals surface area contributed by atoms with E-state index < -0.39 is 0 Å². The van der Waals surface area contributed by atoms with Gasteiger partial charge in [-0.25, -0.2) is 4.98 Å². The van der Waals surface area contributed by atoms with Crippen molar-refractivity contribution in [3.63, 3.8) is 0 Å². The van der Waals surface area contributed by atoms with Crippen LogP contribution in [0.1, 0.15) is 24.6 Å². The zero-order chi connectivity index (χ0) is 14.5. The zero-order valence-electron chi connectivity index (χ0n) is 11.0. The fraction of sp³-hybridized carbons (Fsp3) is 0.286. The van der Waals surface area contributed by atoms with Crippen molar-refractivity contribution in [1.82, 2.24) is 9.97 Å². The molecule has 0 radical (unpaired) electrons. The molecule has 0 aliphatic rings. The number of nitrogens with one attached hydrogen (secondary N) is 1. The van der Waals surface area contributed by atoms with Gasteiger partial charge in [-0.15, -0.1) is 0 Å². The third-order valence-electron chi connectivity index (χ3n) is 2.66. The van der Waals surface area contributed by atoms with Crippen molar-refractivity contribution in [3.8, 4) is 0 Å². The van der Waals surface area contributed by atoms with Gasteiger partial charge >= 0.3 is 0 Å². The summed E-state index contributed by atoms with van der Waals surface area (Å²) in [7, 11) is 0. The van der Waals surface area contributed by atoms with E-state index in [2.05, 4.69) is 16.9 Å². The van der Waals surface area contributed by atoms with Crippen LogP contribution in [-0.4, -0.2) is 9.97 Å². The number of thioether (sulfide) groups is 1. The van der Waals surface area contributed by atoms with Crippen LogP contribution in [-0.2, 0) is 12.2 Å². The average molecular weight is 329 g/mol. The Balaban J connectivity index is 2.12. The molecule has 20 heavy (non-hydrogen) atoms. The second-order valence-electron chi connectivity index (χ2n) is 4.32. The van der Waals surface area contributed by atoms with Crippen LogP contribution in [0.4, 0.5) is 0 Å². The summed E-state index contributed by atoms with van der Waals surface area (Å²) in [4.78, 5) is 18.7. The number of halogens is 2. The molecule has 0 unspecified atom stereocenters.